The van der Waals surface area contributed by atoms with Gasteiger partial charge in [0.25, 0.3) is 5.91 Å². The molecule has 1 N–H and O–H groups in total. The maximum Gasteiger partial charge on any atom is 0.259 e. The molecule has 4 nitrogen and oxygen atoms in total. The average Bonchev–Trinajstić information content (AvgIpc) is 2.89. The Balaban J connectivity index is 1.96. The molecule has 0 aliphatic carbocycles. The Labute approximate surface area is 152 Å². The molecule has 0 fully saturated rings. The van der Waals surface area contributed by atoms with Crippen molar-refractivity contribution >= 4 is 34.2 Å². The van der Waals surface area contributed by atoms with Gasteiger partial charge in [-0.05, 0) is 52.8 Å². The third kappa shape index (κ3) is 3.33. The van der Waals surface area contributed by atoms with Crippen LogP contribution >= 0.6 is 22.6 Å². The summed E-state index contributed by atoms with van der Waals surface area (Å²) >= 11 is 2.02. The van der Waals surface area contributed by atoms with Crippen LogP contribution in [0.1, 0.15) is 15.9 Å². The quantitative estimate of drug-likeness (QED) is 0.621. The number of benzene rings is 2. The molecule has 2 aromatic carbocycles. The molecule has 0 radical (unpaired) electrons. The third-order valence-electron chi connectivity index (χ3n) is 3.69. The van der Waals surface area contributed by atoms with Gasteiger partial charge >= 0.3 is 0 Å². The first-order valence-corrected chi connectivity index (χ1v) is 8.39. The number of rotatable bonds is 3. The first-order chi connectivity index (χ1) is 11.5. The standard InChI is InChI=1S/C18H15FIN3O/c1-11-7-8-12(9-15(11)19)13-5-3-4-6-16(13)21-18(24)14-10-23(2)22-17(14)20/h3-10H,1-2H3,(H,21,24). The van der Waals surface area contributed by atoms with Crippen molar-refractivity contribution in [2.45, 2.75) is 6.92 Å². The zero-order valence-corrected chi connectivity index (χ0v) is 15.3. The van der Waals surface area contributed by atoms with Gasteiger partial charge in [-0.15, -0.1) is 0 Å². The molecule has 1 amide bonds. The largest absolute Gasteiger partial charge is 0.321 e. The molecular formula is C18H15FIN3O. The highest BCUT2D eigenvalue weighted by molar-refractivity contribution is 14.1. The van der Waals surface area contributed by atoms with E-state index >= 15 is 0 Å². The van der Waals surface area contributed by atoms with Gasteiger partial charge in [0.05, 0.1) is 5.56 Å². The summed E-state index contributed by atoms with van der Waals surface area (Å²) in [7, 11) is 1.77. The van der Waals surface area contributed by atoms with Crippen LogP contribution in [0.3, 0.4) is 0 Å². The normalized spacial score (nSPS) is 10.7. The number of carbonyl (C=O) groups excluding carboxylic acids is 1. The summed E-state index contributed by atoms with van der Waals surface area (Å²) in [4.78, 5) is 12.5. The van der Waals surface area contributed by atoms with Crippen molar-refractivity contribution < 1.29 is 9.18 Å². The Morgan fingerprint density at radius 1 is 1.25 bits per heavy atom. The molecule has 3 rings (SSSR count). The maximum absolute atomic E-state index is 13.9. The van der Waals surface area contributed by atoms with Gasteiger partial charge in [0.2, 0.25) is 0 Å². The lowest BCUT2D eigenvalue weighted by Gasteiger charge is -2.11. The van der Waals surface area contributed by atoms with E-state index in [1.165, 1.54) is 6.07 Å². The predicted molar refractivity (Wildman–Crippen MR) is 100 cm³/mol. The lowest BCUT2D eigenvalue weighted by Crippen LogP contribution is -2.13. The minimum Gasteiger partial charge on any atom is -0.321 e. The third-order valence-corrected chi connectivity index (χ3v) is 4.48. The monoisotopic (exact) mass is 435 g/mol. The summed E-state index contributed by atoms with van der Waals surface area (Å²) in [5.74, 6) is -0.511. The minimum absolute atomic E-state index is 0.243. The van der Waals surface area contributed by atoms with Crippen molar-refractivity contribution in [1.29, 1.82) is 0 Å². The number of hydrogen-bond acceptors (Lipinski definition) is 2. The van der Waals surface area contributed by atoms with Crippen LogP contribution in [0.25, 0.3) is 11.1 Å². The number of hydrogen-bond donors (Lipinski definition) is 1. The maximum atomic E-state index is 13.9. The zero-order valence-electron chi connectivity index (χ0n) is 13.2. The van der Waals surface area contributed by atoms with Crippen molar-refractivity contribution in [2.24, 2.45) is 7.05 Å². The summed E-state index contributed by atoms with van der Waals surface area (Å²) in [5.41, 5.74) is 3.21. The van der Waals surface area contributed by atoms with Crippen LogP contribution in [-0.4, -0.2) is 15.7 Å². The molecule has 1 heterocycles. The van der Waals surface area contributed by atoms with Crippen molar-refractivity contribution in [1.82, 2.24) is 9.78 Å². The summed E-state index contributed by atoms with van der Waals surface area (Å²) in [6.07, 6.45) is 1.67. The number of halogens is 2. The second-order valence-corrected chi connectivity index (χ2v) is 6.49. The Morgan fingerprint density at radius 3 is 2.67 bits per heavy atom. The van der Waals surface area contributed by atoms with E-state index in [0.717, 1.165) is 11.1 Å². The Morgan fingerprint density at radius 2 is 2.00 bits per heavy atom. The van der Waals surface area contributed by atoms with Gasteiger partial charge in [-0.2, -0.15) is 5.10 Å². The zero-order chi connectivity index (χ0) is 17.3. The lowest BCUT2D eigenvalue weighted by atomic mass is 10.0. The molecule has 1 aromatic heterocycles. The van der Waals surface area contributed by atoms with Gasteiger partial charge in [-0.3, -0.25) is 9.48 Å². The van der Waals surface area contributed by atoms with E-state index in [-0.39, 0.29) is 11.7 Å². The average molecular weight is 435 g/mol. The second-order valence-electron chi connectivity index (χ2n) is 5.47. The topological polar surface area (TPSA) is 46.9 Å². The number of aryl methyl sites for hydroxylation is 2. The Kier molecular flexibility index (Phi) is 4.66. The van der Waals surface area contributed by atoms with Gasteiger partial charge in [0.1, 0.15) is 9.52 Å². The summed E-state index contributed by atoms with van der Waals surface area (Å²) in [5, 5.41) is 7.06. The number of aromatic nitrogens is 2. The van der Waals surface area contributed by atoms with E-state index in [9.17, 15) is 9.18 Å². The lowest BCUT2D eigenvalue weighted by molar-refractivity contribution is 0.102. The molecule has 0 unspecified atom stereocenters. The van der Waals surface area contributed by atoms with Crippen LogP contribution < -0.4 is 5.32 Å². The van der Waals surface area contributed by atoms with E-state index in [0.29, 0.717) is 20.5 Å². The molecule has 3 aromatic rings. The molecule has 24 heavy (non-hydrogen) atoms. The van der Waals surface area contributed by atoms with Crippen LogP contribution in [-0.2, 0) is 7.05 Å². The van der Waals surface area contributed by atoms with Gasteiger partial charge in [0, 0.05) is 24.5 Å². The molecule has 0 saturated heterocycles. The SMILES string of the molecule is Cc1ccc(-c2ccccc2NC(=O)c2cn(C)nc2I)cc1F. The van der Waals surface area contributed by atoms with Crippen LogP contribution in [0.5, 0.6) is 0 Å². The number of para-hydroxylation sites is 1. The van der Waals surface area contributed by atoms with Crippen molar-refractivity contribution in [3.8, 4) is 11.1 Å². The van der Waals surface area contributed by atoms with E-state index in [1.807, 2.05) is 46.9 Å². The van der Waals surface area contributed by atoms with E-state index < -0.39 is 0 Å². The van der Waals surface area contributed by atoms with Crippen LogP contribution in [0.2, 0.25) is 0 Å². The Hall–Kier alpha value is -2.22. The molecule has 0 spiro atoms. The molecule has 0 saturated carbocycles. The summed E-state index contributed by atoms with van der Waals surface area (Å²) < 4.78 is 16.1. The van der Waals surface area contributed by atoms with E-state index in [1.54, 1.807) is 37.0 Å². The highest BCUT2D eigenvalue weighted by atomic mass is 127. The molecule has 0 aliphatic heterocycles. The summed E-state index contributed by atoms with van der Waals surface area (Å²) in [6.45, 7) is 1.72. The van der Waals surface area contributed by atoms with Crippen molar-refractivity contribution in [3.05, 3.63) is 69.3 Å². The molecule has 6 heteroatoms. The fourth-order valence-electron chi connectivity index (χ4n) is 2.41. The summed E-state index contributed by atoms with van der Waals surface area (Å²) in [6, 6.07) is 12.4. The second kappa shape index (κ2) is 6.72. The van der Waals surface area contributed by atoms with Crippen molar-refractivity contribution in [2.75, 3.05) is 5.32 Å². The molecule has 0 atom stereocenters. The first kappa shape index (κ1) is 16.6. The van der Waals surface area contributed by atoms with Crippen LogP contribution in [0, 0.1) is 16.4 Å². The molecule has 122 valence electrons. The molecule has 0 aliphatic rings. The smallest absolute Gasteiger partial charge is 0.259 e. The van der Waals surface area contributed by atoms with Gasteiger partial charge in [0.15, 0.2) is 0 Å². The predicted octanol–water partition coefficient (Wildman–Crippen LogP) is 4.39. The number of nitrogens with zero attached hydrogens (tertiary/aromatic N) is 2. The van der Waals surface area contributed by atoms with Crippen molar-refractivity contribution in [3.63, 3.8) is 0 Å². The van der Waals surface area contributed by atoms with E-state index in [2.05, 4.69) is 10.4 Å². The minimum atomic E-state index is -0.268. The fraction of sp³-hybridized carbons (Fsp3) is 0.111. The van der Waals surface area contributed by atoms with Gasteiger partial charge < -0.3 is 5.32 Å². The number of amides is 1. The Bertz CT molecular complexity index is 920. The highest BCUT2D eigenvalue weighted by Gasteiger charge is 2.16. The number of nitrogens with one attached hydrogen (secondary N) is 1. The number of anilines is 1. The first-order valence-electron chi connectivity index (χ1n) is 7.32. The highest BCUT2D eigenvalue weighted by Crippen LogP contribution is 2.29. The molecular weight excluding hydrogens is 420 g/mol. The fourth-order valence-corrected chi connectivity index (χ4v) is 3.13. The van der Waals surface area contributed by atoms with E-state index in [4.69, 9.17) is 0 Å². The number of carbonyl (C=O) groups is 1. The van der Waals surface area contributed by atoms with Gasteiger partial charge in [-0.25, -0.2) is 4.39 Å². The molecule has 0 bridgehead atoms. The van der Waals surface area contributed by atoms with Crippen LogP contribution in [0.15, 0.2) is 48.7 Å². The van der Waals surface area contributed by atoms with Gasteiger partial charge in [-0.1, -0.05) is 30.3 Å². The van der Waals surface area contributed by atoms with Crippen LogP contribution in [0.4, 0.5) is 10.1 Å².